The lowest BCUT2D eigenvalue weighted by Gasteiger charge is -2.09. The van der Waals surface area contributed by atoms with Crippen molar-refractivity contribution in [1.29, 1.82) is 0 Å². The van der Waals surface area contributed by atoms with Crippen molar-refractivity contribution in [2.75, 3.05) is 19.8 Å². The second-order valence-corrected chi connectivity index (χ2v) is 5.29. The number of hydrogen-bond donors (Lipinski definition) is 1. The van der Waals surface area contributed by atoms with Crippen LogP contribution in [0.25, 0.3) is 0 Å². The molecule has 0 fully saturated rings. The molecule has 0 aromatic heterocycles. The minimum Gasteiger partial charge on any atom is -0.489 e. The summed E-state index contributed by atoms with van der Waals surface area (Å²) in [7, 11) is 0. The summed E-state index contributed by atoms with van der Waals surface area (Å²) in [5.74, 6) is 0.189. The first-order chi connectivity index (χ1) is 12.7. The van der Waals surface area contributed by atoms with Crippen LogP contribution < -0.4 is 14.8 Å². The fraction of sp³-hybridized carbons (Fsp3) is 0.200. The molecule has 26 heavy (non-hydrogen) atoms. The van der Waals surface area contributed by atoms with E-state index < -0.39 is 11.9 Å². The fourth-order valence-electron chi connectivity index (χ4n) is 1.94. The summed E-state index contributed by atoms with van der Waals surface area (Å²) in [6.07, 6.45) is 1.54. The van der Waals surface area contributed by atoms with Gasteiger partial charge in [-0.2, -0.15) is 0 Å². The molecule has 0 saturated heterocycles. The van der Waals surface area contributed by atoms with E-state index in [1.807, 2.05) is 30.3 Å². The molecule has 0 aliphatic carbocycles. The fourth-order valence-corrected chi connectivity index (χ4v) is 1.94. The monoisotopic (exact) mass is 355 g/mol. The molecule has 1 N–H and O–H groups in total. The topological polar surface area (TPSA) is 73.9 Å². The van der Waals surface area contributed by atoms with Gasteiger partial charge in [0, 0.05) is 6.54 Å². The van der Waals surface area contributed by atoms with E-state index in [-0.39, 0.29) is 13.2 Å². The third-order valence-electron chi connectivity index (χ3n) is 3.24. The van der Waals surface area contributed by atoms with Gasteiger partial charge in [-0.25, -0.2) is 4.79 Å². The van der Waals surface area contributed by atoms with E-state index >= 15 is 0 Å². The molecule has 0 spiro atoms. The Hall–Kier alpha value is -3.28. The number of carbonyl (C=O) groups is 2. The lowest BCUT2D eigenvalue weighted by molar-refractivity contribution is -0.150. The molecule has 2 aromatic carbocycles. The molecule has 136 valence electrons. The van der Waals surface area contributed by atoms with Crippen molar-refractivity contribution in [3.8, 4) is 11.5 Å². The number of rotatable bonds is 10. The molecule has 2 aromatic rings. The molecular weight excluding hydrogens is 334 g/mol. The Labute approximate surface area is 152 Å². The summed E-state index contributed by atoms with van der Waals surface area (Å²) >= 11 is 0. The van der Waals surface area contributed by atoms with Crippen molar-refractivity contribution >= 4 is 11.9 Å². The Bertz CT molecular complexity index is 713. The molecule has 0 bridgehead atoms. The van der Waals surface area contributed by atoms with Gasteiger partial charge in [-0.1, -0.05) is 36.4 Å². The standard InChI is InChI=1S/C20H21NO5/c1-2-12-21-19(22)14-26-20(23)15-25-18-10-8-17(9-11-18)24-13-16-6-4-3-5-7-16/h2-11H,1,12-15H2,(H,21,22). The average molecular weight is 355 g/mol. The molecule has 0 aliphatic rings. The van der Waals surface area contributed by atoms with Crippen molar-refractivity contribution in [2.45, 2.75) is 6.61 Å². The first kappa shape index (κ1) is 19.1. The number of ether oxygens (including phenoxy) is 3. The Balaban J connectivity index is 1.69. The average Bonchev–Trinajstić information content (AvgIpc) is 2.69. The zero-order chi connectivity index (χ0) is 18.6. The van der Waals surface area contributed by atoms with E-state index in [0.29, 0.717) is 24.7 Å². The van der Waals surface area contributed by atoms with Gasteiger partial charge in [0.15, 0.2) is 13.2 Å². The molecule has 1 amide bonds. The van der Waals surface area contributed by atoms with Gasteiger partial charge in [0.1, 0.15) is 18.1 Å². The third kappa shape index (κ3) is 7.09. The van der Waals surface area contributed by atoms with Crippen molar-refractivity contribution in [3.05, 3.63) is 72.8 Å². The van der Waals surface area contributed by atoms with Gasteiger partial charge in [0.05, 0.1) is 0 Å². The lowest BCUT2D eigenvalue weighted by Crippen LogP contribution is -2.29. The van der Waals surface area contributed by atoms with Gasteiger partial charge >= 0.3 is 5.97 Å². The van der Waals surface area contributed by atoms with Crippen molar-refractivity contribution in [2.24, 2.45) is 0 Å². The van der Waals surface area contributed by atoms with Gasteiger partial charge in [-0.15, -0.1) is 6.58 Å². The highest BCUT2D eigenvalue weighted by Gasteiger charge is 2.08. The van der Waals surface area contributed by atoms with E-state index in [2.05, 4.69) is 11.9 Å². The van der Waals surface area contributed by atoms with Crippen LogP contribution in [0.3, 0.4) is 0 Å². The second-order valence-electron chi connectivity index (χ2n) is 5.29. The van der Waals surface area contributed by atoms with Crippen LogP contribution in [0.2, 0.25) is 0 Å². The SMILES string of the molecule is C=CCNC(=O)COC(=O)COc1ccc(OCc2ccccc2)cc1. The number of nitrogens with one attached hydrogen (secondary N) is 1. The first-order valence-corrected chi connectivity index (χ1v) is 8.10. The molecule has 0 atom stereocenters. The molecule has 0 heterocycles. The van der Waals surface area contributed by atoms with Gasteiger partial charge in [0.25, 0.3) is 5.91 Å². The molecule has 6 heteroatoms. The van der Waals surface area contributed by atoms with Gasteiger partial charge < -0.3 is 19.5 Å². The Kier molecular flexibility index (Phi) is 7.74. The quantitative estimate of drug-likeness (QED) is 0.524. The largest absolute Gasteiger partial charge is 0.489 e. The van der Waals surface area contributed by atoms with Crippen LogP contribution in [0.1, 0.15) is 5.56 Å². The van der Waals surface area contributed by atoms with Crippen LogP contribution in [-0.4, -0.2) is 31.6 Å². The normalized spacial score (nSPS) is 9.85. The summed E-state index contributed by atoms with van der Waals surface area (Å²) in [5, 5.41) is 2.50. The smallest absolute Gasteiger partial charge is 0.344 e. The predicted octanol–water partition coefficient (Wildman–Crippen LogP) is 2.49. The number of esters is 1. The van der Waals surface area contributed by atoms with E-state index in [1.54, 1.807) is 24.3 Å². The van der Waals surface area contributed by atoms with Gasteiger partial charge in [-0.3, -0.25) is 4.79 Å². The summed E-state index contributed by atoms with van der Waals surface area (Å²) in [4.78, 5) is 22.8. The molecule has 6 nitrogen and oxygen atoms in total. The van der Waals surface area contributed by atoms with Crippen LogP contribution in [0, 0.1) is 0 Å². The minimum atomic E-state index is -0.622. The molecule has 0 radical (unpaired) electrons. The van der Waals surface area contributed by atoms with Gasteiger partial charge in [-0.05, 0) is 29.8 Å². The van der Waals surface area contributed by atoms with Crippen molar-refractivity contribution < 1.29 is 23.8 Å². The van der Waals surface area contributed by atoms with Crippen LogP contribution in [-0.2, 0) is 20.9 Å². The van der Waals surface area contributed by atoms with Crippen LogP contribution in [0.15, 0.2) is 67.3 Å². The molecule has 0 unspecified atom stereocenters. The summed E-state index contributed by atoms with van der Waals surface area (Å²) in [6.45, 7) is 3.65. The highest BCUT2D eigenvalue weighted by atomic mass is 16.6. The molecule has 0 saturated carbocycles. The lowest BCUT2D eigenvalue weighted by atomic mass is 10.2. The van der Waals surface area contributed by atoms with Crippen LogP contribution >= 0.6 is 0 Å². The number of benzene rings is 2. The highest BCUT2D eigenvalue weighted by Crippen LogP contribution is 2.18. The Morgan fingerprint density at radius 3 is 2.23 bits per heavy atom. The van der Waals surface area contributed by atoms with Crippen molar-refractivity contribution in [1.82, 2.24) is 5.32 Å². The zero-order valence-corrected chi connectivity index (χ0v) is 14.4. The summed E-state index contributed by atoms with van der Waals surface area (Å²) < 4.78 is 15.8. The van der Waals surface area contributed by atoms with Gasteiger partial charge in [0.2, 0.25) is 0 Å². The number of hydrogen-bond acceptors (Lipinski definition) is 5. The number of carbonyl (C=O) groups excluding carboxylic acids is 2. The van der Waals surface area contributed by atoms with Crippen LogP contribution in [0.4, 0.5) is 0 Å². The van der Waals surface area contributed by atoms with E-state index in [9.17, 15) is 9.59 Å². The Morgan fingerprint density at radius 1 is 0.923 bits per heavy atom. The summed E-state index contributed by atoms with van der Waals surface area (Å²) in [6, 6.07) is 16.7. The molecular formula is C20H21NO5. The first-order valence-electron chi connectivity index (χ1n) is 8.10. The maximum absolute atomic E-state index is 11.5. The zero-order valence-electron chi connectivity index (χ0n) is 14.4. The highest BCUT2D eigenvalue weighted by molar-refractivity contribution is 5.80. The molecule has 0 aliphatic heterocycles. The van der Waals surface area contributed by atoms with Crippen molar-refractivity contribution in [3.63, 3.8) is 0 Å². The van der Waals surface area contributed by atoms with E-state index in [1.165, 1.54) is 6.08 Å². The predicted molar refractivity (Wildman–Crippen MR) is 96.9 cm³/mol. The second kappa shape index (κ2) is 10.6. The summed E-state index contributed by atoms with van der Waals surface area (Å²) in [5.41, 5.74) is 1.08. The Morgan fingerprint density at radius 2 is 1.58 bits per heavy atom. The van der Waals surface area contributed by atoms with E-state index in [4.69, 9.17) is 14.2 Å². The maximum Gasteiger partial charge on any atom is 0.344 e. The third-order valence-corrected chi connectivity index (χ3v) is 3.24. The van der Waals surface area contributed by atoms with Crippen LogP contribution in [0.5, 0.6) is 11.5 Å². The number of amides is 1. The maximum atomic E-state index is 11.5. The molecule has 2 rings (SSSR count). The van der Waals surface area contributed by atoms with E-state index in [0.717, 1.165) is 5.56 Å². The minimum absolute atomic E-state index is 0.279.